The molecule has 0 aliphatic carbocycles. The fourth-order valence-corrected chi connectivity index (χ4v) is 4.09. The zero-order chi connectivity index (χ0) is 25.0. The summed E-state index contributed by atoms with van der Waals surface area (Å²) in [4.78, 5) is 0. The lowest BCUT2D eigenvalue weighted by Crippen LogP contribution is -2.09. The molecule has 204 valence electrons. The average molecular weight is 485 g/mol. The predicted molar refractivity (Wildman–Crippen MR) is 146 cm³/mol. The highest BCUT2D eigenvalue weighted by Crippen LogP contribution is 2.20. The Balaban J connectivity index is 4.61. The molecule has 0 aromatic carbocycles. The van der Waals surface area contributed by atoms with Crippen molar-refractivity contribution in [2.75, 3.05) is 27.1 Å². The van der Waals surface area contributed by atoms with E-state index < -0.39 is 0 Å². The van der Waals surface area contributed by atoms with Gasteiger partial charge in [-0.05, 0) is 19.3 Å². The van der Waals surface area contributed by atoms with Crippen molar-refractivity contribution in [3.63, 3.8) is 0 Å². The number of hydrogen-bond acceptors (Lipinski definition) is 4. The van der Waals surface area contributed by atoms with Gasteiger partial charge in [-0.25, -0.2) is 0 Å². The van der Waals surface area contributed by atoms with Gasteiger partial charge >= 0.3 is 5.95 Å². The van der Waals surface area contributed by atoms with Gasteiger partial charge in [0.2, 0.25) is 0 Å². The largest absolute Gasteiger partial charge is 0.491 e. The molecular formula is C30H60O4. The molecule has 0 unspecified atom stereocenters. The predicted octanol–water partition coefficient (Wildman–Crippen LogP) is 10.1. The van der Waals surface area contributed by atoms with Crippen LogP contribution in [0.15, 0.2) is 11.7 Å². The summed E-state index contributed by atoms with van der Waals surface area (Å²) in [6.45, 7) is 8.43. The summed E-state index contributed by atoms with van der Waals surface area (Å²) in [6, 6.07) is 0. The van der Waals surface area contributed by atoms with Gasteiger partial charge in [-0.1, -0.05) is 130 Å². The number of hydrogen-bond donors (Lipinski definition) is 0. The third-order valence-corrected chi connectivity index (χ3v) is 6.30. The fraction of sp³-hybridized carbons (Fsp3) is 0.933. The second kappa shape index (κ2) is 28.3. The van der Waals surface area contributed by atoms with Crippen LogP contribution in [-0.2, 0) is 18.9 Å². The molecule has 0 aliphatic rings. The first-order valence-corrected chi connectivity index (χ1v) is 14.9. The molecule has 0 aliphatic heterocycles. The Kier molecular flexibility index (Phi) is 27.6. The van der Waals surface area contributed by atoms with E-state index in [1.807, 2.05) is 0 Å². The summed E-state index contributed by atoms with van der Waals surface area (Å²) in [6.07, 6.45) is 26.4. The van der Waals surface area contributed by atoms with E-state index in [1.54, 1.807) is 7.11 Å². The minimum Gasteiger partial charge on any atom is -0.491 e. The molecule has 0 N–H and O–H groups in total. The van der Waals surface area contributed by atoms with E-state index in [9.17, 15) is 0 Å². The van der Waals surface area contributed by atoms with Crippen LogP contribution in [0.1, 0.15) is 156 Å². The summed E-state index contributed by atoms with van der Waals surface area (Å²) in [7, 11) is 1.65. The Bertz CT molecular complexity index is 422. The van der Waals surface area contributed by atoms with Crippen molar-refractivity contribution in [2.24, 2.45) is 0 Å². The maximum atomic E-state index is 6.25. The standard InChI is InChI=1S/C30H60O4/c1-5-8-11-14-17-18-19-22-25-29(32-26-23-20-15-12-9-6-2)30(34-28-31-4)33-27-24-21-16-13-10-7-3/h5-28H2,1-4H3. The Morgan fingerprint density at radius 3 is 1.32 bits per heavy atom. The highest BCUT2D eigenvalue weighted by atomic mass is 16.7. The molecule has 0 amide bonds. The molecule has 4 heteroatoms. The first-order valence-electron chi connectivity index (χ1n) is 14.9. The molecule has 0 aromatic heterocycles. The number of methoxy groups -OCH3 is 1. The molecule has 4 nitrogen and oxygen atoms in total. The Hall–Kier alpha value is -0.900. The third kappa shape index (κ3) is 22.9. The van der Waals surface area contributed by atoms with E-state index in [-0.39, 0.29) is 6.79 Å². The summed E-state index contributed by atoms with van der Waals surface area (Å²) >= 11 is 0. The Morgan fingerprint density at radius 2 is 0.853 bits per heavy atom. The van der Waals surface area contributed by atoms with E-state index in [4.69, 9.17) is 18.9 Å². The van der Waals surface area contributed by atoms with E-state index in [1.165, 1.54) is 109 Å². The van der Waals surface area contributed by atoms with Crippen molar-refractivity contribution in [1.82, 2.24) is 0 Å². The number of rotatable bonds is 28. The van der Waals surface area contributed by atoms with Crippen molar-refractivity contribution >= 4 is 0 Å². The number of unbranched alkanes of at least 4 members (excludes halogenated alkanes) is 17. The molecule has 0 spiro atoms. The Morgan fingerprint density at radius 1 is 0.441 bits per heavy atom. The van der Waals surface area contributed by atoms with E-state index in [0.717, 1.165) is 38.0 Å². The fourth-order valence-electron chi connectivity index (χ4n) is 4.09. The molecule has 0 heterocycles. The van der Waals surface area contributed by atoms with Crippen LogP contribution in [0, 0.1) is 0 Å². The molecule has 0 saturated heterocycles. The van der Waals surface area contributed by atoms with Gasteiger partial charge in [-0.15, -0.1) is 0 Å². The topological polar surface area (TPSA) is 36.9 Å². The smallest absolute Gasteiger partial charge is 0.321 e. The zero-order valence-corrected chi connectivity index (χ0v) is 23.6. The lowest BCUT2D eigenvalue weighted by Gasteiger charge is -2.17. The highest BCUT2D eigenvalue weighted by Gasteiger charge is 2.13. The maximum Gasteiger partial charge on any atom is 0.321 e. The Labute approximate surface area is 213 Å². The molecule has 34 heavy (non-hydrogen) atoms. The summed E-state index contributed by atoms with van der Waals surface area (Å²) in [5.41, 5.74) is 0. The van der Waals surface area contributed by atoms with Crippen molar-refractivity contribution < 1.29 is 18.9 Å². The van der Waals surface area contributed by atoms with Gasteiger partial charge in [0, 0.05) is 13.5 Å². The second-order valence-corrected chi connectivity index (χ2v) is 9.72. The van der Waals surface area contributed by atoms with Gasteiger partial charge in [0.25, 0.3) is 0 Å². The highest BCUT2D eigenvalue weighted by molar-refractivity contribution is 4.95. The normalized spacial score (nSPS) is 12.0. The zero-order valence-electron chi connectivity index (χ0n) is 23.6. The molecule has 0 aromatic rings. The van der Waals surface area contributed by atoms with Gasteiger partial charge in [0.1, 0.15) is 0 Å². The van der Waals surface area contributed by atoms with Crippen LogP contribution in [0.25, 0.3) is 0 Å². The molecule has 0 saturated carbocycles. The minimum atomic E-state index is 0.202. The quantitative estimate of drug-likeness (QED) is 0.0628. The maximum absolute atomic E-state index is 6.25. The van der Waals surface area contributed by atoms with Gasteiger partial charge in [-0.2, -0.15) is 0 Å². The van der Waals surface area contributed by atoms with Crippen LogP contribution < -0.4 is 0 Å². The lowest BCUT2D eigenvalue weighted by molar-refractivity contribution is -0.0692. The van der Waals surface area contributed by atoms with Crippen LogP contribution in [0.2, 0.25) is 0 Å². The first-order chi connectivity index (χ1) is 16.8. The van der Waals surface area contributed by atoms with Crippen LogP contribution in [0.5, 0.6) is 0 Å². The second-order valence-electron chi connectivity index (χ2n) is 9.72. The number of ether oxygens (including phenoxy) is 4. The molecular weight excluding hydrogens is 424 g/mol. The van der Waals surface area contributed by atoms with Gasteiger partial charge in [0.15, 0.2) is 12.6 Å². The van der Waals surface area contributed by atoms with Crippen LogP contribution >= 0.6 is 0 Å². The van der Waals surface area contributed by atoms with Crippen molar-refractivity contribution in [1.29, 1.82) is 0 Å². The molecule has 0 radical (unpaired) electrons. The molecule has 0 rings (SSSR count). The van der Waals surface area contributed by atoms with Crippen LogP contribution in [0.3, 0.4) is 0 Å². The number of allylic oxidation sites excluding steroid dienone is 1. The van der Waals surface area contributed by atoms with Crippen molar-refractivity contribution in [3.05, 3.63) is 11.7 Å². The lowest BCUT2D eigenvalue weighted by atomic mass is 10.1. The van der Waals surface area contributed by atoms with Crippen molar-refractivity contribution in [3.8, 4) is 0 Å². The minimum absolute atomic E-state index is 0.202. The summed E-state index contributed by atoms with van der Waals surface area (Å²) in [5, 5.41) is 0. The third-order valence-electron chi connectivity index (χ3n) is 6.30. The van der Waals surface area contributed by atoms with Gasteiger partial charge in [0.05, 0.1) is 13.2 Å². The summed E-state index contributed by atoms with van der Waals surface area (Å²) < 4.78 is 23.4. The first kappa shape index (κ1) is 33.1. The average Bonchev–Trinajstić information content (AvgIpc) is 2.85. The SMILES string of the molecule is CCCCCCCCCCC(OCCCCCCCC)=C(OCCCCCCCC)OCOC. The van der Waals surface area contributed by atoms with Crippen LogP contribution in [-0.4, -0.2) is 27.1 Å². The van der Waals surface area contributed by atoms with Gasteiger partial charge < -0.3 is 18.9 Å². The van der Waals surface area contributed by atoms with E-state index in [2.05, 4.69) is 20.8 Å². The molecule has 0 atom stereocenters. The monoisotopic (exact) mass is 484 g/mol. The van der Waals surface area contributed by atoms with E-state index >= 15 is 0 Å². The van der Waals surface area contributed by atoms with Crippen molar-refractivity contribution in [2.45, 2.75) is 156 Å². The van der Waals surface area contributed by atoms with Crippen LogP contribution in [0.4, 0.5) is 0 Å². The molecule has 0 bridgehead atoms. The van der Waals surface area contributed by atoms with Gasteiger partial charge in [-0.3, -0.25) is 0 Å². The van der Waals surface area contributed by atoms with E-state index in [0.29, 0.717) is 12.6 Å². The molecule has 0 fully saturated rings. The summed E-state index contributed by atoms with van der Waals surface area (Å²) in [5.74, 6) is 1.45.